The molecule has 0 aliphatic rings. The van der Waals surface area contributed by atoms with E-state index in [-0.39, 0.29) is 0 Å². The van der Waals surface area contributed by atoms with Crippen molar-refractivity contribution in [3.63, 3.8) is 0 Å². The fourth-order valence-corrected chi connectivity index (χ4v) is 0. The molecule has 1 N–H and O–H groups in total. The number of hydrogen-bond acceptors (Lipinski definition) is 1. The zero-order chi connectivity index (χ0) is 6.28. The Morgan fingerprint density at radius 1 is 1.43 bits per heavy atom. The average Bonchev–Trinajstić information content (AvgIpc) is 1.33. The van der Waals surface area contributed by atoms with E-state index in [0.717, 1.165) is 6.19 Å². The van der Waals surface area contributed by atoms with E-state index >= 15 is 0 Å². The molecule has 0 aliphatic heterocycles. The Kier molecular flexibility index (Phi) is 13.9. The van der Waals surface area contributed by atoms with Crippen LogP contribution in [0.25, 0.3) is 5.73 Å². The van der Waals surface area contributed by atoms with Gasteiger partial charge in [0, 0.05) is 0 Å². The Labute approximate surface area is 53.4 Å². The van der Waals surface area contributed by atoms with Gasteiger partial charge >= 0.3 is 36.2 Å². The molecule has 0 bridgehead atoms. The van der Waals surface area contributed by atoms with E-state index in [0.29, 0.717) is 0 Å². The minimum atomic E-state index is -0.657. The van der Waals surface area contributed by atoms with Crippen LogP contribution in [0.3, 0.4) is 0 Å². The summed E-state index contributed by atoms with van der Waals surface area (Å²) in [5.41, 5.74) is 5.51. The van der Waals surface area contributed by atoms with Crippen molar-refractivity contribution in [2.45, 2.75) is 13.4 Å². The summed E-state index contributed by atoms with van der Waals surface area (Å²) in [5.74, 6) is 0. The molecule has 0 amide bonds. The van der Waals surface area contributed by atoms with E-state index in [4.69, 9.17) is 11.0 Å². The van der Waals surface area contributed by atoms with Gasteiger partial charge in [0.15, 0.2) is 0 Å². The van der Waals surface area contributed by atoms with Gasteiger partial charge < -0.3 is 11.0 Å². The summed E-state index contributed by atoms with van der Waals surface area (Å²) in [6, 6.07) is 0. The van der Waals surface area contributed by atoms with E-state index in [1.54, 1.807) is 0 Å². The number of nitrogens with one attached hydrogen (secondary N) is 1. The van der Waals surface area contributed by atoms with Crippen molar-refractivity contribution in [3.05, 3.63) is 5.73 Å². The number of rotatable bonds is 0. The van der Waals surface area contributed by atoms with Gasteiger partial charge in [-0.05, 0) is 0 Å². The molecule has 0 saturated heterocycles. The Morgan fingerprint density at radius 2 is 1.43 bits per heavy atom. The number of nitrogens with zero attached hydrogens (tertiary/aromatic N) is 1. The van der Waals surface area contributed by atoms with Crippen LogP contribution in [0.5, 0.6) is 0 Å². The summed E-state index contributed by atoms with van der Waals surface area (Å²) < 4.78 is 7.14. The minimum absolute atomic E-state index is 0.657. The van der Waals surface area contributed by atoms with Crippen LogP contribution in [0.1, 0.15) is 0 Å². The van der Waals surface area contributed by atoms with E-state index < -0.39 is 22.7 Å². The molecule has 0 aromatic carbocycles. The normalized spacial score (nSPS) is 6.14. The van der Waals surface area contributed by atoms with Gasteiger partial charge in [0.1, 0.15) is 0 Å². The van der Waals surface area contributed by atoms with Crippen LogP contribution in [-0.4, -0.2) is 22.7 Å². The van der Waals surface area contributed by atoms with Crippen LogP contribution >= 0.6 is 0 Å². The molecule has 0 unspecified atom stereocenters. The number of hydrogen-bond donors (Lipinski definition) is 0. The first-order chi connectivity index (χ1) is 3.15. The summed E-state index contributed by atoms with van der Waals surface area (Å²) in [4.78, 5) is 0. The molecular formula is C4H10N2Pb-. The molecule has 0 fully saturated rings. The molecule has 0 atom stereocenters. The topological polar surface area (TPSA) is 47.6 Å². The summed E-state index contributed by atoms with van der Waals surface area (Å²) in [6.07, 6.45) is 1.00. The molecule has 7 heavy (non-hydrogen) atoms. The van der Waals surface area contributed by atoms with E-state index in [2.05, 4.69) is 13.4 Å². The van der Waals surface area contributed by atoms with Crippen molar-refractivity contribution in [1.82, 2.24) is 0 Å². The second kappa shape index (κ2) is 9.51. The average molecular weight is 293 g/mol. The SMILES string of the molecule is N#C[NH-].[CH3][Pb]([CH3])[CH3]. The first-order valence-electron chi connectivity index (χ1n) is 1.97. The van der Waals surface area contributed by atoms with Gasteiger partial charge in [-0.15, -0.1) is 0 Å². The molecule has 0 heterocycles. The maximum absolute atomic E-state index is 6.99. The predicted octanol–water partition coefficient (Wildman–Crippen LogP) is 1.89. The summed E-state index contributed by atoms with van der Waals surface area (Å²) in [6.45, 7) is 0. The van der Waals surface area contributed by atoms with Crippen LogP contribution in [0.15, 0.2) is 0 Å². The van der Waals surface area contributed by atoms with Gasteiger partial charge in [-0.3, -0.25) is 0 Å². The van der Waals surface area contributed by atoms with Gasteiger partial charge in [-0.1, -0.05) is 6.19 Å². The summed E-state index contributed by atoms with van der Waals surface area (Å²) in [5, 5.41) is 6.99. The van der Waals surface area contributed by atoms with Crippen LogP contribution in [0.2, 0.25) is 13.4 Å². The first kappa shape index (κ1) is 10.2. The first-order valence-corrected chi connectivity index (χ1v) is 13.6. The van der Waals surface area contributed by atoms with E-state index in [1.165, 1.54) is 0 Å². The monoisotopic (exact) mass is 294 g/mol. The Morgan fingerprint density at radius 3 is 1.43 bits per heavy atom. The summed E-state index contributed by atoms with van der Waals surface area (Å²) in [7, 11) is 0. The molecule has 0 aliphatic carbocycles. The maximum atomic E-state index is 6.99. The molecule has 2 nitrogen and oxygen atoms in total. The van der Waals surface area contributed by atoms with Crippen molar-refractivity contribution < 1.29 is 0 Å². The van der Waals surface area contributed by atoms with Gasteiger partial charge in [0.05, 0.1) is 0 Å². The second-order valence-electron chi connectivity index (χ2n) is 1.61. The molecular weight excluding hydrogens is 283 g/mol. The molecule has 0 spiro atoms. The molecule has 0 aromatic rings. The number of nitriles is 1. The van der Waals surface area contributed by atoms with Crippen molar-refractivity contribution in [2.75, 3.05) is 0 Å². The molecule has 0 aromatic heterocycles. The van der Waals surface area contributed by atoms with Gasteiger partial charge in [-0.25, -0.2) is 0 Å². The predicted molar refractivity (Wildman–Crippen MR) is 33.3 cm³/mol. The third-order valence-corrected chi connectivity index (χ3v) is 0. The molecule has 0 saturated carbocycles. The zero-order valence-corrected chi connectivity index (χ0v) is 8.83. The fraction of sp³-hybridized carbons (Fsp3) is 0.750. The molecule has 41 valence electrons. The molecule has 0 rings (SSSR count). The van der Waals surface area contributed by atoms with E-state index in [1.807, 2.05) is 0 Å². The van der Waals surface area contributed by atoms with Crippen LogP contribution in [-0.2, 0) is 0 Å². The van der Waals surface area contributed by atoms with Crippen LogP contribution < -0.4 is 0 Å². The second-order valence-corrected chi connectivity index (χ2v) is 13.3. The Hall–Kier alpha value is 0.212. The van der Waals surface area contributed by atoms with Crippen LogP contribution in [0.4, 0.5) is 0 Å². The Balaban J connectivity index is 0. The van der Waals surface area contributed by atoms with Crippen LogP contribution in [0, 0.1) is 11.5 Å². The fourth-order valence-electron chi connectivity index (χ4n) is 0. The van der Waals surface area contributed by atoms with Gasteiger partial charge in [0.25, 0.3) is 0 Å². The zero-order valence-electron chi connectivity index (χ0n) is 4.95. The third-order valence-electron chi connectivity index (χ3n) is 0. The van der Waals surface area contributed by atoms with Crippen molar-refractivity contribution in [1.29, 1.82) is 5.26 Å². The van der Waals surface area contributed by atoms with Crippen molar-refractivity contribution in [2.24, 2.45) is 0 Å². The summed E-state index contributed by atoms with van der Waals surface area (Å²) >= 11 is -0.657. The van der Waals surface area contributed by atoms with E-state index in [9.17, 15) is 0 Å². The van der Waals surface area contributed by atoms with Crippen molar-refractivity contribution >= 4 is 22.7 Å². The standard InChI is InChI=1S/CHN2.3CH3.Pb/c2-1-3;;;;/h2H;3*1H3;/q-1;;;;. The quantitative estimate of drug-likeness (QED) is 0.497. The van der Waals surface area contributed by atoms with Gasteiger partial charge in [0.2, 0.25) is 0 Å². The Bertz CT molecular complexity index is 52.4. The van der Waals surface area contributed by atoms with Gasteiger partial charge in [-0.2, -0.15) is 0 Å². The third kappa shape index (κ3) is 2450. The van der Waals surface area contributed by atoms with Crippen molar-refractivity contribution in [3.8, 4) is 6.19 Å². The molecule has 3 heteroatoms. The molecule has 1 radical (unpaired) electrons.